The van der Waals surface area contributed by atoms with Crippen LogP contribution in [0.1, 0.15) is 31.1 Å². The summed E-state index contributed by atoms with van der Waals surface area (Å²) in [7, 11) is 0. The van der Waals surface area contributed by atoms with Crippen LogP contribution >= 0.6 is 0 Å². The molecule has 0 bridgehead atoms. The number of rotatable bonds is 5. The van der Waals surface area contributed by atoms with Crippen LogP contribution in [0, 0.1) is 0 Å². The summed E-state index contributed by atoms with van der Waals surface area (Å²) in [5.41, 5.74) is 0.182. The zero-order chi connectivity index (χ0) is 13.7. The molecular weight excluding hydrogens is 234 g/mol. The maximum atomic E-state index is 11.6. The quantitative estimate of drug-likeness (QED) is 0.834. The predicted octanol–water partition coefficient (Wildman–Crippen LogP) is 1.68. The van der Waals surface area contributed by atoms with E-state index in [2.05, 4.69) is 5.32 Å². The van der Waals surface area contributed by atoms with Crippen molar-refractivity contribution in [3.05, 3.63) is 29.8 Å². The molecule has 1 aromatic rings. The molecule has 1 amide bonds. The van der Waals surface area contributed by atoms with E-state index in [1.165, 1.54) is 24.3 Å². The highest BCUT2D eigenvalue weighted by Crippen LogP contribution is 2.14. The van der Waals surface area contributed by atoms with E-state index in [-0.39, 0.29) is 17.5 Å². The highest BCUT2D eigenvalue weighted by molar-refractivity contribution is 5.87. The third-order valence-corrected chi connectivity index (χ3v) is 2.21. The average molecular weight is 251 g/mol. The smallest absolute Gasteiger partial charge is 0.335 e. The summed E-state index contributed by atoms with van der Waals surface area (Å²) < 4.78 is 5.41. The number of benzene rings is 1. The lowest BCUT2D eigenvalue weighted by molar-refractivity contribution is -0.127. The van der Waals surface area contributed by atoms with Crippen molar-refractivity contribution in [2.75, 3.05) is 0 Å². The van der Waals surface area contributed by atoms with Crippen LogP contribution in [0.3, 0.4) is 0 Å². The molecule has 5 nitrogen and oxygen atoms in total. The predicted molar refractivity (Wildman–Crippen MR) is 66.8 cm³/mol. The van der Waals surface area contributed by atoms with Crippen LogP contribution in [0.2, 0.25) is 0 Å². The molecule has 0 radical (unpaired) electrons. The second-order valence-electron chi connectivity index (χ2n) is 4.25. The Kier molecular flexibility index (Phi) is 4.71. The minimum Gasteiger partial charge on any atom is -0.481 e. The number of hydrogen-bond donors (Lipinski definition) is 2. The van der Waals surface area contributed by atoms with Gasteiger partial charge in [-0.15, -0.1) is 0 Å². The van der Waals surface area contributed by atoms with Gasteiger partial charge in [-0.1, -0.05) is 0 Å². The van der Waals surface area contributed by atoms with E-state index in [0.717, 1.165) is 0 Å². The largest absolute Gasteiger partial charge is 0.481 e. The van der Waals surface area contributed by atoms with Crippen molar-refractivity contribution in [3.63, 3.8) is 0 Å². The van der Waals surface area contributed by atoms with E-state index < -0.39 is 12.1 Å². The molecule has 0 aromatic heterocycles. The topological polar surface area (TPSA) is 75.6 Å². The van der Waals surface area contributed by atoms with Crippen LogP contribution in [-0.2, 0) is 4.79 Å². The number of hydrogen-bond acceptors (Lipinski definition) is 3. The van der Waals surface area contributed by atoms with Crippen molar-refractivity contribution >= 4 is 11.9 Å². The highest BCUT2D eigenvalue weighted by Gasteiger charge is 2.15. The summed E-state index contributed by atoms with van der Waals surface area (Å²) >= 11 is 0. The Labute approximate surface area is 106 Å². The number of aromatic carboxylic acids is 1. The normalized spacial score (nSPS) is 12.0. The van der Waals surface area contributed by atoms with E-state index in [9.17, 15) is 9.59 Å². The molecule has 1 unspecified atom stereocenters. The second kappa shape index (κ2) is 6.05. The first-order valence-corrected chi connectivity index (χ1v) is 5.70. The van der Waals surface area contributed by atoms with Gasteiger partial charge in [-0.2, -0.15) is 0 Å². The SMILES string of the molecule is CC(C)NC(=O)C(C)Oc1ccc(C(=O)O)cc1. The van der Waals surface area contributed by atoms with Crippen LogP contribution in [0.4, 0.5) is 0 Å². The minimum absolute atomic E-state index is 0.0536. The van der Waals surface area contributed by atoms with Crippen molar-refractivity contribution in [3.8, 4) is 5.75 Å². The van der Waals surface area contributed by atoms with Crippen LogP contribution in [0.5, 0.6) is 5.75 Å². The van der Waals surface area contributed by atoms with Crippen molar-refractivity contribution in [2.24, 2.45) is 0 Å². The molecule has 1 rings (SSSR count). The lowest BCUT2D eigenvalue weighted by Gasteiger charge is -2.16. The molecule has 0 heterocycles. The Bertz CT molecular complexity index is 425. The van der Waals surface area contributed by atoms with Gasteiger partial charge in [0.25, 0.3) is 5.91 Å². The van der Waals surface area contributed by atoms with Gasteiger partial charge in [-0.25, -0.2) is 4.79 Å². The number of carbonyl (C=O) groups is 2. The molecule has 0 aliphatic rings. The lowest BCUT2D eigenvalue weighted by Crippen LogP contribution is -2.40. The summed E-state index contributed by atoms with van der Waals surface area (Å²) in [6.07, 6.45) is -0.622. The summed E-state index contributed by atoms with van der Waals surface area (Å²) in [6, 6.07) is 5.98. The fraction of sp³-hybridized carbons (Fsp3) is 0.385. The van der Waals surface area contributed by atoms with Gasteiger partial charge >= 0.3 is 5.97 Å². The van der Waals surface area contributed by atoms with E-state index in [4.69, 9.17) is 9.84 Å². The standard InChI is InChI=1S/C13H17NO4/c1-8(2)14-12(15)9(3)18-11-6-4-10(5-7-11)13(16)17/h4-9H,1-3H3,(H,14,15)(H,16,17). The molecule has 0 saturated heterocycles. The first kappa shape index (κ1) is 14.0. The van der Waals surface area contributed by atoms with E-state index in [1.807, 2.05) is 13.8 Å². The van der Waals surface area contributed by atoms with E-state index in [1.54, 1.807) is 6.92 Å². The van der Waals surface area contributed by atoms with Crippen LogP contribution in [0.25, 0.3) is 0 Å². The van der Waals surface area contributed by atoms with Crippen LogP contribution < -0.4 is 10.1 Å². The van der Waals surface area contributed by atoms with Crippen LogP contribution in [0.15, 0.2) is 24.3 Å². The fourth-order valence-corrected chi connectivity index (χ4v) is 1.34. The first-order valence-electron chi connectivity index (χ1n) is 5.70. The molecule has 0 saturated carbocycles. The summed E-state index contributed by atoms with van der Waals surface area (Å²) in [5, 5.41) is 11.5. The third-order valence-electron chi connectivity index (χ3n) is 2.21. The second-order valence-corrected chi connectivity index (χ2v) is 4.25. The van der Waals surface area contributed by atoms with E-state index >= 15 is 0 Å². The number of carboxylic acid groups (broad SMARTS) is 1. The Hall–Kier alpha value is -2.04. The van der Waals surface area contributed by atoms with Gasteiger partial charge in [0.05, 0.1) is 5.56 Å². The van der Waals surface area contributed by atoms with Gasteiger partial charge in [-0.05, 0) is 45.0 Å². The number of carbonyl (C=O) groups excluding carboxylic acids is 1. The molecule has 1 atom stereocenters. The van der Waals surface area contributed by atoms with Gasteiger partial charge in [0, 0.05) is 6.04 Å². The molecule has 0 spiro atoms. The number of ether oxygens (including phenoxy) is 1. The zero-order valence-corrected chi connectivity index (χ0v) is 10.6. The maximum Gasteiger partial charge on any atom is 0.335 e. The molecule has 0 aliphatic carbocycles. The van der Waals surface area contributed by atoms with Gasteiger partial charge in [-0.3, -0.25) is 4.79 Å². The lowest BCUT2D eigenvalue weighted by atomic mass is 10.2. The molecule has 2 N–H and O–H groups in total. The van der Waals surface area contributed by atoms with Gasteiger partial charge in [0.2, 0.25) is 0 Å². The minimum atomic E-state index is -0.993. The Morgan fingerprint density at radius 3 is 2.17 bits per heavy atom. The Balaban J connectivity index is 2.61. The molecule has 98 valence electrons. The molecule has 0 fully saturated rings. The molecular formula is C13H17NO4. The number of amides is 1. The highest BCUT2D eigenvalue weighted by atomic mass is 16.5. The summed E-state index contributed by atoms with van der Waals surface area (Å²) in [4.78, 5) is 22.3. The maximum absolute atomic E-state index is 11.6. The summed E-state index contributed by atoms with van der Waals surface area (Å²) in [5.74, 6) is -0.731. The molecule has 18 heavy (non-hydrogen) atoms. The van der Waals surface area contributed by atoms with Gasteiger partial charge in [0.1, 0.15) is 5.75 Å². The average Bonchev–Trinajstić information content (AvgIpc) is 2.28. The number of carboxylic acids is 1. The zero-order valence-electron chi connectivity index (χ0n) is 10.6. The Morgan fingerprint density at radius 2 is 1.72 bits per heavy atom. The van der Waals surface area contributed by atoms with Crippen molar-refractivity contribution < 1.29 is 19.4 Å². The first-order chi connectivity index (χ1) is 8.40. The summed E-state index contributed by atoms with van der Waals surface area (Å²) in [6.45, 7) is 5.38. The molecule has 5 heteroatoms. The van der Waals surface area contributed by atoms with Crippen molar-refractivity contribution in [2.45, 2.75) is 32.9 Å². The Morgan fingerprint density at radius 1 is 1.17 bits per heavy atom. The van der Waals surface area contributed by atoms with Crippen molar-refractivity contribution in [1.82, 2.24) is 5.32 Å². The monoisotopic (exact) mass is 251 g/mol. The fourth-order valence-electron chi connectivity index (χ4n) is 1.34. The molecule has 1 aromatic carbocycles. The third kappa shape index (κ3) is 4.08. The van der Waals surface area contributed by atoms with Gasteiger partial charge in [0.15, 0.2) is 6.10 Å². The van der Waals surface area contributed by atoms with E-state index in [0.29, 0.717) is 5.75 Å². The van der Waals surface area contributed by atoms with Crippen molar-refractivity contribution in [1.29, 1.82) is 0 Å². The molecule has 0 aliphatic heterocycles. The van der Waals surface area contributed by atoms with Crippen LogP contribution in [-0.4, -0.2) is 29.1 Å². The number of nitrogens with one attached hydrogen (secondary N) is 1. The van der Waals surface area contributed by atoms with Gasteiger partial charge < -0.3 is 15.2 Å².